The van der Waals surface area contributed by atoms with Gasteiger partial charge < -0.3 is 15.5 Å². The van der Waals surface area contributed by atoms with Crippen molar-refractivity contribution in [2.45, 2.75) is 57.5 Å². The molecule has 2 aliphatic rings. The highest BCUT2D eigenvalue weighted by molar-refractivity contribution is 4.90. The van der Waals surface area contributed by atoms with Crippen molar-refractivity contribution in [3.05, 3.63) is 0 Å². The Kier molecular flexibility index (Phi) is 5.67. The molecular formula is C16H33N3. The summed E-state index contributed by atoms with van der Waals surface area (Å²) in [5.74, 6) is 1.66. The minimum atomic E-state index is 0.729. The third kappa shape index (κ3) is 3.71. The van der Waals surface area contributed by atoms with E-state index in [0.717, 1.165) is 30.5 Å². The molecule has 3 unspecified atom stereocenters. The van der Waals surface area contributed by atoms with E-state index < -0.39 is 0 Å². The standard InChI is InChI=1S/C16H33N3/c1-4-13-5-6-14(12-17)16(11-13)19(3)15-7-9-18(2)10-8-15/h13-16H,4-12,17H2,1-3H3. The fraction of sp³-hybridized carbons (Fsp3) is 1.00. The molecule has 1 aliphatic carbocycles. The van der Waals surface area contributed by atoms with Crippen molar-refractivity contribution in [3.8, 4) is 0 Å². The zero-order valence-electron chi connectivity index (χ0n) is 13.1. The fourth-order valence-electron chi connectivity index (χ4n) is 4.11. The lowest BCUT2D eigenvalue weighted by atomic mass is 9.76. The fourth-order valence-corrected chi connectivity index (χ4v) is 4.11. The van der Waals surface area contributed by atoms with Gasteiger partial charge in [-0.3, -0.25) is 0 Å². The molecule has 2 fully saturated rings. The molecule has 0 amide bonds. The summed E-state index contributed by atoms with van der Waals surface area (Å²) in [4.78, 5) is 5.16. The van der Waals surface area contributed by atoms with Gasteiger partial charge in [-0.15, -0.1) is 0 Å². The van der Waals surface area contributed by atoms with Gasteiger partial charge in [0.25, 0.3) is 0 Å². The third-order valence-corrected chi connectivity index (χ3v) is 5.73. The normalized spacial score (nSPS) is 34.9. The Labute approximate surface area is 119 Å². The van der Waals surface area contributed by atoms with Crippen LogP contribution in [0, 0.1) is 11.8 Å². The van der Waals surface area contributed by atoms with Gasteiger partial charge in [-0.25, -0.2) is 0 Å². The monoisotopic (exact) mass is 267 g/mol. The predicted octanol–water partition coefficient (Wildman–Crippen LogP) is 2.17. The maximum Gasteiger partial charge on any atom is 0.0138 e. The van der Waals surface area contributed by atoms with Crippen LogP contribution in [0.3, 0.4) is 0 Å². The molecular weight excluding hydrogens is 234 g/mol. The molecule has 0 aromatic rings. The molecule has 0 aromatic carbocycles. The van der Waals surface area contributed by atoms with Gasteiger partial charge in [0, 0.05) is 12.1 Å². The van der Waals surface area contributed by atoms with Crippen molar-refractivity contribution >= 4 is 0 Å². The number of rotatable bonds is 4. The number of piperidine rings is 1. The molecule has 3 atom stereocenters. The molecule has 1 saturated carbocycles. The molecule has 0 spiro atoms. The van der Waals surface area contributed by atoms with Crippen LogP contribution in [-0.2, 0) is 0 Å². The van der Waals surface area contributed by atoms with Crippen LogP contribution in [0.1, 0.15) is 45.4 Å². The molecule has 0 bridgehead atoms. The van der Waals surface area contributed by atoms with E-state index in [9.17, 15) is 0 Å². The van der Waals surface area contributed by atoms with E-state index >= 15 is 0 Å². The van der Waals surface area contributed by atoms with Crippen molar-refractivity contribution in [2.24, 2.45) is 17.6 Å². The number of hydrogen-bond donors (Lipinski definition) is 1. The van der Waals surface area contributed by atoms with Gasteiger partial charge in [0.2, 0.25) is 0 Å². The first-order valence-corrected chi connectivity index (χ1v) is 8.26. The summed E-state index contributed by atoms with van der Waals surface area (Å²) in [7, 11) is 4.61. The highest BCUT2D eigenvalue weighted by Gasteiger charge is 2.34. The van der Waals surface area contributed by atoms with E-state index in [1.807, 2.05) is 0 Å². The number of likely N-dealkylation sites (tertiary alicyclic amines) is 1. The van der Waals surface area contributed by atoms with Crippen LogP contribution < -0.4 is 5.73 Å². The van der Waals surface area contributed by atoms with Gasteiger partial charge in [-0.05, 0) is 71.2 Å². The zero-order chi connectivity index (χ0) is 13.8. The summed E-state index contributed by atoms with van der Waals surface area (Å²) >= 11 is 0. The largest absolute Gasteiger partial charge is 0.330 e. The molecule has 3 heteroatoms. The van der Waals surface area contributed by atoms with E-state index in [0.29, 0.717) is 0 Å². The quantitative estimate of drug-likeness (QED) is 0.847. The van der Waals surface area contributed by atoms with Crippen molar-refractivity contribution in [1.29, 1.82) is 0 Å². The van der Waals surface area contributed by atoms with Gasteiger partial charge >= 0.3 is 0 Å². The van der Waals surface area contributed by atoms with Crippen LogP contribution in [0.25, 0.3) is 0 Å². The molecule has 19 heavy (non-hydrogen) atoms. The van der Waals surface area contributed by atoms with Crippen LogP contribution in [0.5, 0.6) is 0 Å². The Balaban J connectivity index is 1.95. The van der Waals surface area contributed by atoms with Crippen LogP contribution in [0.4, 0.5) is 0 Å². The van der Waals surface area contributed by atoms with Crippen LogP contribution in [0.2, 0.25) is 0 Å². The van der Waals surface area contributed by atoms with Crippen molar-refractivity contribution in [3.63, 3.8) is 0 Å². The lowest BCUT2D eigenvalue weighted by Crippen LogP contribution is -2.52. The molecule has 2 rings (SSSR count). The lowest BCUT2D eigenvalue weighted by molar-refractivity contribution is 0.0427. The smallest absolute Gasteiger partial charge is 0.0138 e. The molecule has 2 N–H and O–H groups in total. The molecule has 0 aromatic heterocycles. The first kappa shape index (κ1) is 15.3. The Morgan fingerprint density at radius 3 is 2.42 bits per heavy atom. The van der Waals surface area contributed by atoms with Crippen molar-refractivity contribution in [1.82, 2.24) is 9.80 Å². The lowest BCUT2D eigenvalue weighted by Gasteiger charge is -2.46. The third-order valence-electron chi connectivity index (χ3n) is 5.73. The Hall–Kier alpha value is -0.120. The van der Waals surface area contributed by atoms with E-state index in [2.05, 4.69) is 30.8 Å². The maximum atomic E-state index is 6.04. The molecule has 1 aliphatic heterocycles. The highest BCUT2D eigenvalue weighted by atomic mass is 15.2. The second-order valence-corrected chi connectivity index (χ2v) is 6.85. The van der Waals surface area contributed by atoms with Crippen LogP contribution in [-0.4, -0.2) is 55.6 Å². The first-order chi connectivity index (χ1) is 9.15. The van der Waals surface area contributed by atoms with E-state index in [4.69, 9.17) is 5.73 Å². The summed E-state index contributed by atoms with van der Waals surface area (Å²) in [6.45, 7) is 5.73. The predicted molar refractivity (Wildman–Crippen MR) is 82.2 cm³/mol. The summed E-state index contributed by atoms with van der Waals surface area (Å²) in [6, 6.07) is 1.52. The summed E-state index contributed by atoms with van der Waals surface area (Å²) in [5.41, 5.74) is 6.04. The van der Waals surface area contributed by atoms with Crippen molar-refractivity contribution in [2.75, 3.05) is 33.7 Å². The SMILES string of the molecule is CCC1CCC(CN)C(N(C)C2CCN(C)CC2)C1. The molecule has 1 saturated heterocycles. The maximum absolute atomic E-state index is 6.04. The zero-order valence-corrected chi connectivity index (χ0v) is 13.1. The van der Waals surface area contributed by atoms with Gasteiger partial charge in [0.05, 0.1) is 0 Å². The van der Waals surface area contributed by atoms with Gasteiger partial charge in [-0.2, -0.15) is 0 Å². The van der Waals surface area contributed by atoms with Gasteiger partial charge in [0.15, 0.2) is 0 Å². The molecule has 3 nitrogen and oxygen atoms in total. The second-order valence-electron chi connectivity index (χ2n) is 6.85. The van der Waals surface area contributed by atoms with E-state index in [1.165, 1.54) is 51.6 Å². The Morgan fingerprint density at radius 1 is 1.16 bits per heavy atom. The van der Waals surface area contributed by atoms with E-state index in [1.54, 1.807) is 0 Å². The minimum Gasteiger partial charge on any atom is -0.330 e. The average Bonchev–Trinajstić information content (AvgIpc) is 2.46. The van der Waals surface area contributed by atoms with Crippen molar-refractivity contribution < 1.29 is 0 Å². The molecule has 1 heterocycles. The Bertz CT molecular complexity index is 261. The second kappa shape index (κ2) is 7.05. The summed E-state index contributed by atoms with van der Waals surface area (Å²) in [6.07, 6.45) is 8.12. The topological polar surface area (TPSA) is 32.5 Å². The van der Waals surface area contributed by atoms with Gasteiger partial charge in [0.1, 0.15) is 0 Å². The first-order valence-electron chi connectivity index (χ1n) is 8.26. The summed E-state index contributed by atoms with van der Waals surface area (Å²) in [5, 5.41) is 0. The van der Waals surface area contributed by atoms with Crippen LogP contribution >= 0.6 is 0 Å². The number of nitrogens with zero attached hydrogens (tertiary/aromatic N) is 2. The molecule has 112 valence electrons. The summed E-state index contributed by atoms with van der Waals surface area (Å²) < 4.78 is 0. The minimum absolute atomic E-state index is 0.729. The van der Waals surface area contributed by atoms with E-state index in [-0.39, 0.29) is 0 Å². The Morgan fingerprint density at radius 2 is 1.84 bits per heavy atom. The number of nitrogens with two attached hydrogens (primary N) is 1. The molecule has 0 radical (unpaired) electrons. The number of hydrogen-bond acceptors (Lipinski definition) is 3. The highest BCUT2D eigenvalue weighted by Crippen LogP contribution is 2.35. The average molecular weight is 267 g/mol. The van der Waals surface area contributed by atoms with Crippen LogP contribution in [0.15, 0.2) is 0 Å². The van der Waals surface area contributed by atoms with Gasteiger partial charge in [-0.1, -0.05) is 19.8 Å².